The van der Waals surface area contributed by atoms with E-state index in [0.717, 1.165) is 28.8 Å². The SMILES string of the molecule is O=C(/C=C/c1cccc(O)c1)N1CCc2c([nH]c3ccccc23)C1c1ccc2c(c1)OCO2. The third kappa shape index (κ3) is 3.40. The smallest absolute Gasteiger partial charge is 0.247 e. The molecule has 2 N–H and O–H groups in total. The van der Waals surface area contributed by atoms with Gasteiger partial charge in [-0.1, -0.05) is 36.4 Å². The maximum atomic E-state index is 13.4. The summed E-state index contributed by atoms with van der Waals surface area (Å²) in [6, 6.07) is 20.7. The molecule has 4 aromatic rings. The normalized spacial score (nSPS) is 17.0. The van der Waals surface area contributed by atoms with Crippen LogP contribution in [0.5, 0.6) is 17.2 Å². The number of H-pyrrole nitrogens is 1. The number of phenols is 1. The molecule has 6 heteroatoms. The Morgan fingerprint density at radius 2 is 1.91 bits per heavy atom. The number of carbonyl (C=O) groups excluding carboxylic acids is 1. The zero-order valence-corrected chi connectivity index (χ0v) is 17.8. The first-order chi connectivity index (χ1) is 16.2. The first kappa shape index (κ1) is 19.5. The molecule has 1 atom stereocenters. The summed E-state index contributed by atoms with van der Waals surface area (Å²) < 4.78 is 11.1. The third-order valence-corrected chi connectivity index (χ3v) is 6.32. The molecule has 3 aromatic carbocycles. The predicted molar refractivity (Wildman–Crippen MR) is 125 cm³/mol. The fourth-order valence-electron chi connectivity index (χ4n) is 4.80. The number of hydrogen-bond donors (Lipinski definition) is 2. The van der Waals surface area contributed by atoms with Crippen molar-refractivity contribution in [3.63, 3.8) is 0 Å². The molecule has 33 heavy (non-hydrogen) atoms. The van der Waals surface area contributed by atoms with Crippen LogP contribution < -0.4 is 9.47 Å². The number of ether oxygens (including phenoxy) is 2. The lowest BCUT2D eigenvalue weighted by Crippen LogP contribution is -2.39. The molecule has 6 nitrogen and oxygen atoms in total. The van der Waals surface area contributed by atoms with Crippen molar-refractivity contribution in [2.45, 2.75) is 12.5 Å². The second-order valence-electron chi connectivity index (χ2n) is 8.29. The number of hydrogen-bond acceptors (Lipinski definition) is 4. The van der Waals surface area contributed by atoms with Gasteiger partial charge in [-0.05, 0) is 59.5 Å². The van der Waals surface area contributed by atoms with Crippen LogP contribution in [0.25, 0.3) is 17.0 Å². The standard InChI is InChI=1S/C27H22N2O4/c30-19-5-3-4-17(14-19)8-11-25(31)29-13-12-21-20-6-1-2-7-22(20)28-26(21)27(29)18-9-10-23-24(15-18)33-16-32-23/h1-11,14-15,27-28,30H,12-13,16H2/b11-8+. The number of aromatic hydroxyl groups is 1. The van der Waals surface area contributed by atoms with E-state index in [9.17, 15) is 9.90 Å². The van der Waals surface area contributed by atoms with Crippen molar-refractivity contribution in [2.75, 3.05) is 13.3 Å². The summed E-state index contributed by atoms with van der Waals surface area (Å²) in [6.45, 7) is 0.799. The van der Waals surface area contributed by atoms with E-state index in [0.29, 0.717) is 18.0 Å². The third-order valence-electron chi connectivity index (χ3n) is 6.32. The second-order valence-corrected chi connectivity index (χ2v) is 8.29. The van der Waals surface area contributed by atoms with Gasteiger partial charge in [-0.15, -0.1) is 0 Å². The summed E-state index contributed by atoms with van der Waals surface area (Å²) in [7, 11) is 0. The molecule has 1 aromatic heterocycles. The first-order valence-corrected chi connectivity index (χ1v) is 10.9. The lowest BCUT2D eigenvalue weighted by molar-refractivity contribution is -0.128. The highest BCUT2D eigenvalue weighted by atomic mass is 16.7. The number of benzene rings is 3. The highest BCUT2D eigenvalue weighted by Crippen LogP contribution is 2.42. The van der Waals surface area contributed by atoms with Gasteiger partial charge in [-0.3, -0.25) is 4.79 Å². The van der Waals surface area contributed by atoms with E-state index >= 15 is 0 Å². The van der Waals surface area contributed by atoms with Gasteiger partial charge in [0.25, 0.3) is 0 Å². The van der Waals surface area contributed by atoms with Crippen LogP contribution in [0.2, 0.25) is 0 Å². The van der Waals surface area contributed by atoms with Crippen molar-refractivity contribution in [1.82, 2.24) is 9.88 Å². The number of para-hydroxylation sites is 1. The van der Waals surface area contributed by atoms with Gasteiger partial charge in [0.15, 0.2) is 11.5 Å². The fourth-order valence-corrected chi connectivity index (χ4v) is 4.80. The molecule has 1 amide bonds. The molecule has 0 spiro atoms. The minimum atomic E-state index is -0.281. The molecule has 6 rings (SSSR count). The van der Waals surface area contributed by atoms with Gasteiger partial charge in [0.05, 0.1) is 6.04 Å². The molecule has 0 bridgehead atoms. The van der Waals surface area contributed by atoms with Crippen molar-refractivity contribution >= 4 is 22.9 Å². The van der Waals surface area contributed by atoms with Gasteiger partial charge in [0.1, 0.15) is 5.75 Å². The average Bonchev–Trinajstić information content (AvgIpc) is 3.46. The zero-order valence-electron chi connectivity index (χ0n) is 17.8. The minimum Gasteiger partial charge on any atom is -0.508 e. The molecule has 0 fully saturated rings. The van der Waals surface area contributed by atoms with Crippen LogP contribution in [-0.4, -0.2) is 34.2 Å². The molecular weight excluding hydrogens is 416 g/mol. The number of nitrogens with zero attached hydrogens (tertiary/aromatic N) is 1. The quantitative estimate of drug-likeness (QED) is 0.451. The number of rotatable bonds is 3. The number of aromatic nitrogens is 1. The molecule has 1 unspecified atom stereocenters. The van der Waals surface area contributed by atoms with Crippen LogP contribution in [-0.2, 0) is 11.2 Å². The van der Waals surface area contributed by atoms with Gasteiger partial charge in [0.2, 0.25) is 12.7 Å². The Labute approximate surface area is 190 Å². The Balaban J connectivity index is 1.42. The molecule has 0 saturated heterocycles. The summed E-state index contributed by atoms with van der Waals surface area (Å²) in [5.41, 5.74) is 5.07. The predicted octanol–water partition coefficient (Wildman–Crippen LogP) is 4.79. The minimum absolute atomic E-state index is 0.0923. The van der Waals surface area contributed by atoms with Crippen LogP contribution in [0.1, 0.15) is 28.4 Å². The molecule has 2 aliphatic rings. The summed E-state index contributed by atoms with van der Waals surface area (Å²) >= 11 is 0. The summed E-state index contributed by atoms with van der Waals surface area (Å²) in [4.78, 5) is 18.9. The Hall–Kier alpha value is -4.19. The number of aromatic amines is 1. The number of amides is 1. The second kappa shape index (κ2) is 7.74. The maximum Gasteiger partial charge on any atom is 0.247 e. The van der Waals surface area contributed by atoms with Gasteiger partial charge in [-0.2, -0.15) is 0 Å². The van der Waals surface area contributed by atoms with Crippen LogP contribution in [0.15, 0.2) is 72.8 Å². The van der Waals surface area contributed by atoms with Gasteiger partial charge < -0.3 is 24.5 Å². The van der Waals surface area contributed by atoms with Crippen LogP contribution in [0.3, 0.4) is 0 Å². The van der Waals surface area contributed by atoms with Crippen molar-refractivity contribution in [2.24, 2.45) is 0 Å². The Bertz CT molecular complexity index is 1400. The first-order valence-electron chi connectivity index (χ1n) is 10.9. The summed E-state index contributed by atoms with van der Waals surface area (Å²) in [5, 5.41) is 10.9. The molecular formula is C27H22N2O4. The Morgan fingerprint density at radius 3 is 2.82 bits per heavy atom. The van der Waals surface area contributed by atoms with Crippen LogP contribution in [0.4, 0.5) is 0 Å². The molecule has 164 valence electrons. The number of carbonyl (C=O) groups is 1. The zero-order chi connectivity index (χ0) is 22.4. The Morgan fingerprint density at radius 1 is 1.03 bits per heavy atom. The van der Waals surface area contributed by atoms with Gasteiger partial charge in [-0.25, -0.2) is 0 Å². The molecule has 2 aliphatic heterocycles. The van der Waals surface area contributed by atoms with E-state index < -0.39 is 0 Å². The highest BCUT2D eigenvalue weighted by Gasteiger charge is 2.34. The summed E-state index contributed by atoms with van der Waals surface area (Å²) in [5.74, 6) is 1.49. The number of phenolic OH excluding ortho intramolecular Hbond substituents is 1. The monoisotopic (exact) mass is 438 g/mol. The number of fused-ring (bicyclic) bond motifs is 4. The van der Waals surface area contributed by atoms with E-state index in [1.54, 1.807) is 30.4 Å². The molecule has 0 saturated carbocycles. The van der Waals surface area contributed by atoms with Gasteiger partial charge >= 0.3 is 0 Å². The Kier molecular flexibility index (Phi) is 4.57. The average molecular weight is 438 g/mol. The van der Waals surface area contributed by atoms with E-state index in [1.165, 1.54) is 10.9 Å². The van der Waals surface area contributed by atoms with E-state index in [2.05, 4.69) is 17.1 Å². The topological polar surface area (TPSA) is 74.8 Å². The highest BCUT2D eigenvalue weighted by molar-refractivity contribution is 5.93. The lowest BCUT2D eigenvalue weighted by atomic mass is 9.92. The van der Waals surface area contributed by atoms with Crippen molar-refractivity contribution in [3.05, 3.63) is 95.2 Å². The fraction of sp³-hybridized carbons (Fsp3) is 0.148. The van der Waals surface area contributed by atoms with Gasteiger partial charge in [0, 0.05) is 29.2 Å². The maximum absolute atomic E-state index is 13.4. The summed E-state index contributed by atoms with van der Waals surface area (Å²) in [6.07, 6.45) is 4.08. The molecule has 0 aliphatic carbocycles. The van der Waals surface area contributed by atoms with Crippen molar-refractivity contribution in [3.8, 4) is 17.2 Å². The molecule has 3 heterocycles. The van der Waals surface area contributed by atoms with E-state index in [-0.39, 0.29) is 24.5 Å². The van der Waals surface area contributed by atoms with Crippen LogP contribution in [0, 0.1) is 0 Å². The van der Waals surface area contributed by atoms with Crippen molar-refractivity contribution in [1.29, 1.82) is 0 Å². The van der Waals surface area contributed by atoms with E-state index in [1.807, 2.05) is 41.3 Å². The number of nitrogens with one attached hydrogen (secondary N) is 1. The van der Waals surface area contributed by atoms with Crippen molar-refractivity contribution < 1.29 is 19.4 Å². The van der Waals surface area contributed by atoms with Crippen LogP contribution >= 0.6 is 0 Å². The largest absolute Gasteiger partial charge is 0.508 e. The van der Waals surface area contributed by atoms with E-state index in [4.69, 9.17) is 9.47 Å². The molecule has 0 radical (unpaired) electrons. The lowest BCUT2D eigenvalue weighted by Gasteiger charge is -2.35.